The Kier molecular flexibility index (Phi) is 3.61. The van der Waals surface area contributed by atoms with Crippen LogP contribution in [0.25, 0.3) is 0 Å². The van der Waals surface area contributed by atoms with Crippen molar-refractivity contribution in [3.8, 4) is 0 Å². The first kappa shape index (κ1) is 10.9. The largest absolute Gasteiger partial charge is 0.392 e. The number of hydrogen-bond acceptors (Lipinski definition) is 4. The van der Waals surface area contributed by atoms with Crippen LogP contribution in [0.15, 0.2) is 23.4 Å². The molecule has 1 aromatic rings. The van der Waals surface area contributed by atoms with Crippen molar-refractivity contribution in [2.24, 2.45) is 0 Å². The van der Waals surface area contributed by atoms with Crippen molar-refractivity contribution in [3.63, 3.8) is 0 Å². The average molecular weight is 225 g/mol. The molecule has 2 unspecified atom stereocenters. The molecule has 3 nitrogen and oxygen atoms in total. The maximum absolute atomic E-state index is 9.17. The van der Waals surface area contributed by atoms with Gasteiger partial charge in [-0.2, -0.15) is 0 Å². The van der Waals surface area contributed by atoms with Gasteiger partial charge >= 0.3 is 0 Å². The van der Waals surface area contributed by atoms with Gasteiger partial charge in [-0.25, -0.2) is 4.98 Å². The van der Waals surface area contributed by atoms with E-state index in [-0.39, 0.29) is 12.7 Å². The van der Waals surface area contributed by atoms with Gasteiger partial charge in [0.25, 0.3) is 0 Å². The van der Waals surface area contributed by atoms with E-state index in [4.69, 9.17) is 4.74 Å². The Labute approximate surface area is 93.9 Å². The maximum atomic E-state index is 9.17. The van der Waals surface area contributed by atoms with Crippen LogP contribution in [0.1, 0.15) is 18.9 Å². The summed E-state index contributed by atoms with van der Waals surface area (Å²) >= 11 is 1.71. The van der Waals surface area contributed by atoms with Crippen molar-refractivity contribution in [2.45, 2.75) is 36.3 Å². The summed E-state index contributed by atoms with van der Waals surface area (Å²) in [7, 11) is 0. The number of ether oxygens (including phenoxy) is 1. The molecule has 4 heteroatoms. The highest BCUT2D eigenvalue weighted by Gasteiger charge is 2.26. The second-order valence-electron chi connectivity index (χ2n) is 3.65. The fourth-order valence-corrected chi connectivity index (χ4v) is 2.84. The van der Waals surface area contributed by atoms with Crippen molar-refractivity contribution in [1.82, 2.24) is 4.98 Å². The van der Waals surface area contributed by atoms with Gasteiger partial charge < -0.3 is 9.84 Å². The molecule has 2 heterocycles. The van der Waals surface area contributed by atoms with Gasteiger partial charge in [0, 0.05) is 23.6 Å². The van der Waals surface area contributed by atoms with Crippen LogP contribution >= 0.6 is 11.8 Å². The summed E-state index contributed by atoms with van der Waals surface area (Å²) in [6.07, 6.45) is 3.11. The molecule has 0 spiro atoms. The van der Waals surface area contributed by atoms with Gasteiger partial charge in [0.1, 0.15) is 5.03 Å². The first-order valence-electron chi connectivity index (χ1n) is 5.14. The van der Waals surface area contributed by atoms with Crippen molar-refractivity contribution in [1.29, 1.82) is 0 Å². The lowest BCUT2D eigenvalue weighted by Gasteiger charge is -2.14. The number of thioether (sulfide) groups is 1. The first-order valence-corrected chi connectivity index (χ1v) is 6.02. The summed E-state index contributed by atoms with van der Waals surface area (Å²) in [5.74, 6) is 0. The Bertz CT molecular complexity index is 332. The summed E-state index contributed by atoms with van der Waals surface area (Å²) in [4.78, 5) is 4.29. The van der Waals surface area contributed by atoms with Gasteiger partial charge in [0.15, 0.2) is 0 Å². The van der Waals surface area contributed by atoms with E-state index in [2.05, 4.69) is 11.9 Å². The highest BCUT2D eigenvalue weighted by molar-refractivity contribution is 8.00. The van der Waals surface area contributed by atoms with E-state index in [9.17, 15) is 5.11 Å². The summed E-state index contributed by atoms with van der Waals surface area (Å²) < 4.78 is 5.50. The van der Waals surface area contributed by atoms with Crippen molar-refractivity contribution in [2.75, 3.05) is 6.61 Å². The zero-order valence-corrected chi connectivity index (χ0v) is 9.54. The molecule has 1 aliphatic rings. The van der Waals surface area contributed by atoms with Crippen LogP contribution in [0.2, 0.25) is 0 Å². The van der Waals surface area contributed by atoms with Gasteiger partial charge in [0.05, 0.1) is 12.7 Å². The van der Waals surface area contributed by atoms with Gasteiger partial charge in [-0.15, -0.1) is 0 Å². The van der Waals surface area contributed by atoms with Crippen LogP contribution in [-0.4, -0.2) is 28.1 Å². The maximum Gasteiger partial charge on any atom is 0.102 e. The first-order chi connectivity index (χ1) is 7.31. The quantitative estimate of drug-likeness (QED) is 0.852. The van der Waals surface area contributed by atoms with Gasteiger partial charge in [-0.1, -0.05) is 17.8 Å². The van der Waals surface area contributed by atoms with E-state index >= 15 is 0 Å². The van der Waals surface area contributed by atoms with Gasteiger partial charge in [-0.05, 0) is 19.4 Å². The third-order valence-electron chi connectivity index (χ3n) is 2.59. The van der Waals surface area contributed by atoms with E-state index in [1.807, 2.05) is 12.1 Å². The lowest BCUT2D eigenvalue weighted by atomic mass is 10.3. The van der Waals surface area contributed by atoms with Crippen molar-refractivity contribution >= 4 is 11.8 Å². The second kappa shape index (κ2) is 4.96. The number of nitrogens with zero attached hydrogens (tertiary/aromatic N) is 1. The molecule has 1 fully saturated rings. The SMILES string of the molecule is CC1OCCC1Sc1ncccc1CO. The zero-order chi connectivity index (χ0) is 10.7. The second-order valence-corrected chi connectivity index (χ2v) is 4.87. The molecule has 0 saturated carbocycles. The molecular weight excluding hydrogens is 210 g/mol. The molecule has 2 rings (SSSR count). The lowest BCUT2D eigenvalue weighted by Crippen LogP contribution is -2.13. The minimum atomic E-state index is 0.0537. The standard InChI is InChI=1S/C11H15NO2S/c1-8-10(4-6-14-8)15-11-9(7-13)3-2-5-12-11/h2-3,5,8,10,13H,4,6-7H2,1H3. The average Bonchev–Trinajstić information content (AvgIpc) is 2.65. The fraction of sp³-hybridized carbons (Fsp3) is 0.545. The summed E-state index contributed by atoms with van der Waals surface area (Å²) in [5, 5.41) is 10.6. The molecule has 0 aromatic carbocycles. The van der Waals surface area contributed by atoms with E-state index in [0.29, 0.717) is 5.25 Å². The van der Waals surface area contributed by atoms with Gasteiger partial charge in [0.2, 0.25) is 0 Å². The number of aliphatic hydroxyl groups excluding tert-OH is 1. The van der Waals surface area contributed by atoms with E-state index < -0.39 is 0 Å². The highest BCUT2D eigenvalue weighted by atomic mass is 32.2. The summed E-state index contributed by atoms with van der Waals surface area (Å²) in [6, 6.07) is 3.76. The third kappa shape index (κ3) is 2.51. The molecule has 0 bridgehead atoms. The number of aliphatic hydroxyl groups is 1. The Balaban J connectivity index is 2.09. The summed E-state index contributed by atoms with van der Waals surface area (Å²) in [5.41, 5.74) is 0.904. The molecular formula is C11H15NO2S. The normalized spacial score (nSPS) is 25.7. The number of aromatic nitrogens is 1. The van der Waals surface area contributed by atoms with Crippen LogP contribution in [0.5, 0.6) is 0 Å². The van der Waals surface area contributed by atoms with E-state index in [1.165, 1.54) is 0 Å². The van der Waals surface area contributed by atoms with Gasteiger partial charge in [-0.3, -0.25) is 0 Å². The third-order valence-corrected chi connectivity index (χ3v) is 4.10. The molecule has 1 N–H and O–H groups in total. The Morgan fingerprint density at radius 3 is 3.20 bits per heavy atom. The number of pyridine rings is 1. The topological polar surface area (TPSA) is 42.4 Å². The molecule has 1 saturated heterocycles. The smallest absolute Gasteiger partial charge is 0.102 e. The minimum Gasteiger partial charge on any atom is -0.392 e. The molecule has 0 radical (unpaired) electrons. The molecule has 2 atom stereocenters. The minimum absolute atomic E-state index is 0.0537. The van der Waals surface area contributed by atoms with Crippen LogP contribution < -0.4 is 0 Å². The van der Waals surface area contributed by atoms with Crippen LogP contribution in [-0.2, 0) is 11.3 Å². The molecule has 15 heavy (non-hydrogen) atoms. The number of rotatable bonds is 3. The van der Waals surface area contributed by atoms with E-state index in [0.717, 1.165) is 23.6 Å². The lowest BCUT2D eigenvalue weighted by molar-refractivity contribution is 0.127. The number of hydrogen-bond donors (Lipinski definition) is 1. The predicted molar refractivity (Wildman–Crippen MR) is 59.8 cm³/mol. The molecule has 1 aliphatic heterocycles. The molecule has 0 amide bonds. The molecule has 0 aliphatic carbocycles. The highest BCUT2D eigenvalue weighted by Crippen LogP contribution is 2.32. The van der Waals surface area contributed by atoms with Crippen LogP contribution in [0.4, 0.5) is 0 Å². The van der Waals surface area contributed by atoms with Crippen LogP contribution in [0, 0.1) is 0 Å². The zero-order valence-electron chi connectivity index (χ0n) is 8.72. The Hall–Kier alpha value is -0.580. The van der Waals surface area contributed by atoms with Crippen LogP contribution in [0.3, 0.4) is 0 Å². The molecule has 1 aromatic heterocycles. The Morgan fingerprint density at radius 2 is 2.53 bits per heavy atom. The van der Waals surface area contributed by atoms with E-state index in [1.54, 1.807) is 18.0 Å². The predicted octanol–water partition coefficient (Wildman–Crippen LogP) is 1.84. The fourth-order valence-electron chi connectivity index (χ4n) is 1.66. The van der Waals surface area contributed by atoms with Crippen molar-refractivity contribution in [3.05, 3.63) is 23.9 Å². The van der Waals surface area contributed by atoms with Crippen molar-refractivity contribution < 1.29 is 9.84 Å². The monoisotopic (exact) mass is 225 g/mol. The molecule has 82 valence electrons. The Morgan fingerprint density at radius 1 is 1.67 bits per heavy atom. The summed E-state index contributed by atoms with van der Waals surface area (Å²) in [6.45, 7) is 2.98.